The molecule has 0 aliphatic rings. The SMILES string of the molecule is CCCNC(Cc1ccccc1F)c1ncccc1C. The highest BCUT2D eigenvalue weighted by molar-refractivity contribution is 5.25. The van der Waals surface area contributed by atoms with Crippen LogP contribution < -0.4 is 5.32 Å². The average Bonchev–Trinajstić information content (AvgIpc) is 2.46. The lowest BCUT2D eigenvalue weighted by molar-refractivity contribution is 0.501. The van der Waals surface area contributed by atoms with E-state index in [0.29, 0.717) is 6.42 Å². The maximum absolute atomic E-state index is 13.8. The van der Waals surface area contributed by atoms with E-state index in [-0.39, 0.29) is 11.9 Å². The number of rotatable bonds is 6. The van der Waals surface area contributed by atoms with E-state index in [4.69, 9.17) is 0 Å². The van der Waals surface area contributed by atoms with Gasteiger partial charge in [0.2, 0.25) is 0 Å². The van der Waals surface area contributed by atoms with Crippen molar-refractivity contribution in [3.05, 3.63) is 65.2 Å². The van der Waals surface area contributed by atoms with Crippen molar-refractivity contribution in [3.63, 3.8) is 0 Å². The molecule has 1 aromatic carbocycles. The minimum atomic E-state index is -0.149. The molecule has 3 heteroatoms. The molecule has 0 fully saturated rings. The molecule has 0 saturated heterocycles. The molecule has 2 rings (SSSR count). The van der Waals surface area contributed by atoms with Gasteiger partial charge >= 0.3 is 0 Å². The number of nitrogens with one attached hydrogen (secondary N) is 1. The molecular formula is C17H21FN2. The lowest BCUT2D eigenvalue weighted by Crippen LogP contribution is -2.26. The van der Waals surface area contributed by atoms with Crippen molar-refractivity contribution in [2.24, 2.45) is 0 Å². The Labute approximate surface area is 120 Å². The minimum Gasteiger partial charge on any atom is -0.308 e. The van der Waals surface area contributed by atoms with E-state index in [1.54, 1.807) is 12.3 Å². The molecule has 1 aromatic heterocycles. The monoisotopic (exact) mass is 272 g/mol. The summed E-state index contributed by atoms with van der Waals surface area (Å²) in [6.45, 7) is 5.07. The Bertz CT molecular complexity index is 554. The van der Waals surface area contributed by atoms with Gasteiger partial charge in [0.25, 0.3) is 0 Å². The molecule has 2 nitrogen and oxygen atoms in total. The topological polar surface area (TPSA) is 24.9 Å². The highest BCUT2D eigenvalue weighted by Crippen LogP contribution is 2.21. The summed E-state index contributed by atoms with van der Waals surface area (Å²) < 4.78 is 13.8. The van der Waals surface area contributed by atoms with Crippen molar-refractivity contribution in [2.75, 3.05) is 6.54 Å². The zero-order valence-corrected chi connectivity index (χ0v) is 12.1. The third-order valence-corrected chi connectivity index (χ3v) is 3.40. The fourth-order valence-electron chi connectivity index (χ4n) is 2.33. The summed E-state index contributed by atoms with van der Waals surface area (Å²) in [5.41, 5.74) is 2.87. The molecule has 2 aromatic rings. The first-order chi connectivity index (χ1) is 9.72. The number of aromatic nitrogens is 1. The Hall–Kier alpha value is -1.74. The van der Waals surface area contributed by atoms with Gasteiger partial charge in [0.05, 0.1) is 11.7 Å². The van der Waals surface area contributed by atoms with Crippen LogP contribution >= 0.6 is 0 Å². The number of nitrogens with zero attached hydrogens (tertiary/aromatic N) is 1. The van der Waals surface area contributed by atoms with E-state index >= 15 is 0 Å². The van der Waals surface area contributed by atoms with Gasteiger partial charge in [0.1, 0.15) is 5.82 Å². The van der Waals surface area contributed by atoms with Crippen LogP contribution in [-0.4, -0.2) is 11.5 Å². The summed E-state index contributed by atoms with van der Waals surface area (Å²) in [6, 6.07) is 11.0. The lowest BCUT2D eigenvalue weighted by Gasteiger charge is -2.20. The molecular weight excluding hydrogens is 251 g/mol. The first-order valence-corrected chi connectivity index (χ1v) is 7.10. The number of hydrogen-bond acceptors (Lipinski definition) is 2. The van der Waals surface area contributed by atoms with Crippen LogP contribution in [0.1, 0.15) is 36.2 Å². The van der Waals surface area contributed by atoms with E-state index in [0.717, 1.165) is 29.8 Å². The maximum atomic E-state index is 13.8. The molecule has 20 heavy (non-hydrogen) atoms. The van der Waals surface area contributed by atoms with Crippen LogP contribution in [0.15, 0.2) is 42.6 Å². The Morgan fingerprint density at radius 3 is 2.70 bits per heavy atom. The largest absolute Gasteiger partial charge is 0.308 e. The number of halogens is 1. The van der Waals surface area contributed by atoms with Gasteiger partial charge in [-0.25, -0.2) is 4.39 Å². The van der Waals surface area contributed by atoms with Crippen molar-refractivity contribution >= 4 is 0 Å². The predicted molar refractivity (Wildman–Crippen MR) is 80.1 cm³/mol. The molecule has 1 heterocycles. The number of hydrogen-bond donors (Lipinski definition) is 1. The second kappa shape index (κ2) is 7.15. The zero-order chi connectivity index (χ0) is 14.4. The molecule has 0 aliphatic heterocycles. The second-order valence-corrected chi connectivity index (χ2v) is 5.01. The Kier molecular flexibility index (Phi) is 5.24. The Balaban J connectivity index is 2.24. The quantitative estimate of drug-likeness (QED) is 0.865. The van der Waals surface area contributed by atoms with Crippen LogP contribution in [0.3, 0.4) is 0 Å². The molecule has 0 amide bonds. The fourth-order valence-corrected chi connectivity index (χ4v) is 2.33. The van der Waals surface area contributed by atoms with Gasteiger partial charge in [-0.05, 0) is 49.6 Å². The van der Waals surface area contributed by atoms with Crippen molar-refractivity contribution < 1.29 is 4.39 Å². The highest BCUT2D eigenvalue weighted by Gasteiger charge is 2.16. The molecule has 0 bridgehead atoms. The molecule has 1 N–H and O–H groups in total. The van der Waals surface area contributed by atoms with Gasteiger partial charge in [-0.15, -0.1) is 0 Å². The number of pyridine rings is 1. The second-order valence-electron chi connectivity index (χ2n) is 5.01. The summed E-state index contributed by atoms with van der Waals surface area (Å²) in [5, 5.41) is 3.47. The van der Waals surface area contributed by atoms with Gasteiger partial charge in [0.15, 0.2) is 0 Å². The van der Waals surface area contributed by atoms with Gasteiger partial charge in [-0.1, -0.05) is 31.2 Å². The molecule has 0 aliphatic carbocycles. The molecule has 106 valence electrons. The van der Waals surface area contributed by atoms with Crippen molar-refractivity contribution in [1.82, 2.24) is 10.3 Å². The standard InChI is InChI=1S/C17H21FN2/c1-3-10-19-16(17-13(2)7-6-11-20-17)12-14-8-4-5-9-15(14)18/h4-9,11,16,19H,3,10,12H2,1-2H3. The van der Waals surface area contributed by atoms with Gasteiger partial charge in [-0.3, -0.25) is 4.98 Å². The zero-order valence-electron chi connectivity index (χ0n) is 12.1. The highest BCUT2D eigenvalue weighted by atomic mass is 19.1. The summed E-state index contributed by atoms with van der Waals surface area (Å²) in [4.78, 5) is 4.47. The summed E-state index contributed by atoms with van der Waals surface area (Å²) >= 11 is 0. The predicted octanol–water partition coefficient (Wildman–Crippen LogP) is 3.81. The van der Waals surface area contributed by atoms with Gasteiger partial charge < -0.3 is 5.32 Å². The molecule has 1 atom stereocenters. The molecule has 1 unspecified atom stereocenters. The van der Waals surface area contributed by atoms with Crippen molar-refractivity contribution in [1.29, 1.82) is 0 Å². The fraction of sp³-hybridized carbons (Fsp3) is 0.353. The summed E-state index contributed by atoms with van der Waals surface area (Å²) in [5.74, 6) is -0.149. The van der Waals surface area contributed by atoms with Crippen LogP contribution in [0.2, 0.25) is 0 Å². The van der Waals surface area contributed by atoms with E-state index in [1.165, 1.54) is 6.07 Å². The van der Waals surface area contributed by atoms with Crippen LogP contribution in [-0.2, 0) is 6.42 Å². The van der Waals surface area contributed by atoms with Crippen LogP contribution in [0.5, 0.6) is 0 Å². The van der Waals surface area contributed by atoms with Crippen molar-refractivity contribution in [3.8, 4) is 0 Å². The number of benzene rings is 1. The van der Waals surface area contributed by atoms with Crippen LogP contribution in [0.25, 0.3) is 0 Å². The smallest absolute Gasteiger partial charge is 0.126 e. The molecule has 0 radical (unpaired) electrons. The van der Waals surface area contributed by atoms with Crippen molar-refractivity contribution in [2.45, 2.75) is 32.7 Å². The van der Waals surface area contributed by atoms with E-state index in [9.17, 15) is 4.39 Å². The van der Waals surface area contributed by atoms with E-state index in [2.05, 4.69) is 17.2 Å². The summed E-state index contributed by atoms with van der Waals surface area (Å²) in [7, 11) is 0. The van der Waals surface area contributed by atoms with Crippen LogP contribution in [0, 0.1) is 12.7 Å². The molecule has 0 saturated carbocycles. The lowest BCUT2D eigenvalue weighted by atomic mass is 9.99. The van der Waals surface area contributed by atoms with E-state index < -0.39 is 0 Å². The normalized spacial score (nSPS) is 12.3. The summed E-state index contributed by atoms with van der Waals surface area (Å²) in [6.07, 6.45) is 3.45. The maximum Gasteiger partial charge on any atom is 0.126 e. The Morgan fingerprint density at radius 2 is 2.00 bits per heavy atom. The first kappa shape index (κ1) is 14.7. The van der Waals surface area contributed by atoms with Crippen LogP contribution in [0.4, 0.5) is 4.39 Å². The van der Waals surface area contributed by atoms with Gasteiger partial charge in [-0.2, -0.15) is 0 Å². The number of aryl methyl sites for hydroxylation is 1. The minimum absolute atomic E-state index is 0.0491. The first-order valence-electron chi connectivity index (χ1n) is 7.10. The average molecular weight is 272 g/mol. The van der Waals surface area contributed by atoms with E-state index in [1.807, 2.05) is 31.2 Å². The molecule has 0 spiro atoms. The van der Waals surface area contributed by atoms with Gasteiger partial charge in [0, 0.05) is 6.20 Å². The Morgan fingerprint density at radius 1 is 1.20 bits per heavy atom. The third-order valence-electron chi connectivity index (χ3n) is 3.40. The third kappa shape index (κ3) is 3.64.